The maximum absolute atomic E-state index is 0. The van der Waals surface area contributed by atoms with Gasteiger partial charge in [0, 0.05) is 38.7 Å². The molecule has 0 aromatic carbocycles. The monoisotopic (exact) mass is 340 g/mol. The fourth-order valence-corrected chi connectivity index (χ4v) is 0. The maximum atomic E-state index is 0. The summed E-state index contributed by atoms with van der Waals surface area (Å²) in [6.07, 6.45) is 0. The van der Waals surface area contributed by atoms with Gasteiger partial charge in [0.2, 0.25) is 0 Å². The average Bonchev–Trinajstić information content (AvgIpc) is 0. The van der Waals surface area contributed by atoms with Gasteiger partial charge in [0.1, 0.15) is 0 Å². The molecule has 0 aromatic heterocycles. The van der Waals surface area contributed by atoms with Gasteiger partial charge in [-0.05, 0) is 0 Å². The molecule has 0 aliphatic carbocycles. The normalized spacial score (nSPS) is 0. The van der Waals surface area contributed by atoms with E-state index in [1.165, 1.54) is 0 Å². The average molecular weight is 339 g/mol. The van der Waals surface area contributed by atoms with Crippen LogP contribution in [0.15, 0.2) is 0 Å². The van der Waals surface area contributed by atoms with Crippen molar-refractivity contribution in [1.82, 2.24) is 0 Å². The van der Waals surface area contributed by atoms with Crippen LogP contribution in [0, 0.1) is 22.3 Å². The van der Waals surface area contributed by atoms with Crippen molar-refractivity contribution in [1.29, 1.82) is 0 Å². The molecule has 0 nitrogen and oxygen atoms in total. The molecular formula is C3H9IrV2-. The van der Waals surface area contributed by atoms with Gasteiger partial charge in [0.25, 0.3) is 0 Å². The Morgan fingerprint density at radius 2 is 0.667 bits per heavy atom. The maximum Gasteiger partial charge on any atom is 2.00 e. The van der Waals surface area contributed by atoms with E-state index >= 15 is 0 Å². The van der Waals surface area contributed by atoms with Crippen molar-refractivity contribution < 1.29 is 57.2 Å². The zero-order chi connectivity index (χ0) is 0. The molecule has 3 radical (unpaired) electrons. The van der Waals surface area contributed by atoms with E-state index in [0.29, 0.717) is 0 Å². The Morgan fingerprint density at radius 3 is 0.667 bits per heavy atom. The summed E-state index contributed by atoms with van der Waals surface area (Å²) in [7, 11) is 0. The summed E-state index contributed by atoms with van der Waals surface area (Å²) in [6, 6.07) is 0. The van der Waals surface area contributed by atoms with Crippen LogP contribution < -0.4 is 0 Å². The van der Waals surface area contributed by atoms with Gasteiger partial charge in [-0.1, -0.05) is 0 Å². The standard InChI is InChI=1S/3CH3.Ir.2V/h3*1H3;;;/q3*-1;;;+2. The van der Waals surface area contributed by atoms with Crippen molar-refractivity contribution in [3.63, 3.8) is 0 Å². The summed E-state index contributed by atoms with van der Waals surface area (Å²) < 4.78 is 0. The summed E-state index contributed by atoms with van der Waals surface area (Å²) in [5.74, 6) is 0. The third kappa shape index (κ3) is 40.9. The minimum absolute atomic E-state index is 0. The van der Waals surface area contributed by atoms with Crippen LogP contribution in [-0.2, 0) is 57.2 Å². The van der Waals surface area contributed by atoms with E-state index in [1.807, 2.05) is 0 Å². The third-order valence-electron chi connectivity index (χ3n) is 0. The number of rotatable bonds is 0. The van der Waals surface area contributed by atoms with Crippen LogP contribution >= 0.6 is 0 Å². The van der Waals surface area contributed by atoms with Gasteiger partial charge >= 0.3 is 18.6 Å². The van der Waals surface area contributed by atoms with Crippen LogP contribution in [0.5, 0.6) is 0 Å². The van der Waals surface area contributed by atoms with Crippen molar-refractivity contribution in [3.8, 4) is 0 Å². The van der Waals surface area contributed by atoms with Gasteiger partial charge in [0.05, 0.1) is 0 Å². The topological polar surface area (TPSA) is 0 Å². The Bertz CT molecular complexity index is 8.75. The first kappa shape index (κ1) is 110. The zero-order valence-corrected chi connectivity index (χ0v) is 9.42. The number of hydrogen-bond donors (Lipinski definition) is 0. The molecule has 0 aliphatic heterocycles. The first-order valence-corrected chi connectivity index (χ1v) is 0. The molecule has 0 fully saturated rings. The Morgan fingerprint density at radius 1 is 0.667 bits per heavy atom. The molecule has 0 aliphatic rings. The van der Waals surface area contributed by atoms with E-state index in [-0.39, 0.29) is 79.5 Å². The van der Waals surface area contributed by atoms with Gasteiger partial charge in [-0.15, -0.1) is 0 Å². The molecule has 6 heavy (non-hydrogen) atoms. The molecule has 0 rings (SSSR count). The van der Waals surface area contributed by atoms with Crippen LogP contribution in [0.1, 0.15) is 0 Å². The Balaban J connectivity index is 0. The van der Waals surface area contributed by atoms with Crippen molar-refractivity contribution in [2.75, 3.05) is 0 Å². The van der Waals surface area contributed by atoms with Crippen molar-refractivity contribution in [2.45, 2.75) is 0 Å². The SMILES string of the molecule is [CH3-].[CH3-].[CH3-].[Ir].[V+2].[V]. The molecule has 41 valence electrons. The van der Waals surface area contributed by atoms with E-state index < -0.39 is 0 Å². The molecule has 3 heteroatoms. The summed E-state index contributed by atoms with van der Waals surface area (Å²) in [5, 5.41) is 0. The molecule has 0 amide bonds. The minimum atomic E-state index is 0. The second kappa shape index (κ2) is 69.8. The predicted molar refractivity (Wildman–Crippen MR) is 19.2 cm³/mol. The van der Waals surface area contributed by atoms with E-state index in [4.69, 9.17) is 0 Å². The van der Waals surface area contributed by atoms with Crippen LogP contribution in [-0.4, -0.2) is 0 Å². The van der Waals surface area contributed by atoms with Crippen molar-refractivity contribution in [2.24, 2.45) is 0 Å². The third-order valence-corrected chi connectivity index (χ3v) is 0. The molecule has 0 bridgehead atoms. The van der Waals surface area contributed by atoms with Crippen LogP contribution in [0.4, 0.5) is 0 Å². The van der Waals surface area contributed by atoms with Crippen molar-refractivity contribution >= 4 is 0 Å². The molecule has 0 saturated heterocycles. The minimum Gasteiger partial charge on any atom is -0.358 e. The van der Waals surface area contributed by atoms with E-state index in [1.54, 1.807) is 0 Å². The predicted octanol–water partition coefficient (Wildman–Crippen LogP) is 1.34. The van der Waals surface area contributed by atoms with Crippen molar-refractivity contribution in [3.05, 3.63) is 22.3 Å². The van der Waals surface area contributed by atoms with Gasteiger partial charge < -0.3 is 22.3 Å². The summed E-state index contributed by atoms with van der Waals surface area (Å²) in [5.41, 5.74) is 0. The Hall–Kier alpha value is 1.82. The van der Waals surface area contributed by atoms with Crippen LogP contribution in [0.3, 0.4) is 0 Å². The largest absolute Gasteiger partial charge is 2.00 e. The van der Waals surface area contributed by atoms with E-state index in [0.717, 1.165) is 0 Å². The van der Waals surface area contributed by atoms with E-state index in [2.05, 4.69) is 0 Å². The smallest absolute Gasteiger partial charge is 0.358 e. The summed E-state index contributed by atoms with van der Waals surface area (Å²) in [4.78, 5) is 0. The Labute approximate surface area is 79.0 Å². The quantitative estimate of drug-likeness (QED) is 0.585. The van der Waals surface area contributed by atoms with Crippen LogP contribution in [0.2, 0.25) is 0 Å². The van der Waals surface area contributed by atoms with Crippen LogP contribution in [0.25, 0.3) is 0 Å². The first-order valence-electron chi connectivity index (χ1n) is 0. The Kier molecular flexibility index (Phi) is 1280. The summed E-state index contributed by atoms with van der Waals surface area (Å²) in [6.45, 7) is 0. The zero-order valence-electron chi connectivity index (χ0n) is 4.23. The molecule has 0 atom stereocenters. The second-order valence-electron chi connectivity index (χ2n) is 0. The molecule has 0 unspecified atom stereocenters. The first-order chi connectivity index (χ1) is 0. The van der Waals surface area contributed by atoms with Gasteiger partial charge in [-0.3, -0.25) is 0 Å². The number of hydrogen-bond acceptors (Lipinski definition) is 0. The second-order valence-corrected chi connectivity index (χ2v) is 0. The molecule has 0 N–H and O–H groups in total. The van der Waals surface area contributed by atoms with Gasteiger partial charge in [-0.25, -0.2) is 0 Å². The fourth-order valence-electron chi connectivity index (χ4n) is 0. The van der Waals surface area contributed by atoms with Gasteiger partial charge in [-0.2, -0.15) is 0 Å². The molecule has 0 saturated carbocycles. The molecule has 0 heterocycles. The molecular weight excluding hydrogens is 330 g/mol. The summed E-state index contributed by atoms with van der Waals surface area (Å²) >= 11 is 0. The molecule has 0 aromatic rings. The molecule has 0 spiro atoms. The van der Waals surface area contributed by atoms with Gasteiger partial charge in [0.15, 0.2) is 0 Å². The fraction of sp³-hybridized carbons (Fsp3) is 0. The van der Waals surface area contributed by atoms with E-state index in [9.17, 15) is 0 Å².